The van der Waals surface area contributed by atoms with Gasteiger partial charge in [0.2, 0.25) is 5.91 Å². The molecule has 1 amide bonds. The Labute approximate surface area is 177 Å². The van der Waals surface area contributed by atoms with Crippen LogP contribution in [0.4, 0.5) is 21.6 Å². The first-order valence-corrected chi connectivity index (χ1v) is 9.63. The number of carbonyl (C=O) groups excluding carboxylic acids is 2. The van der Waals surface area contributed by atoms with E-state index in [0.717, 1.165) is 0 Å². The van der Waals surface area contributed by atoms with Crippen molar-refractivity contribution in [1.29, 1.82) is 0 Å². The number of methoxy groups -OCH3 is 1. The highest BCUT2D eigenvalue weighted by molar-refractivity contribution is 6.01. The highest BCUT2D eigenvalue weighted by Gasteiger charge is 2.43. The van der Waals surface area contributed by atoms with Crippen molar-refractivity contribution in [2.75, 3.05) is 17.7 Å². The molecule has 2 N–H and O–H groups in total. The molecule has 1 saturated carbocycles. The van der Waals surface area contributed by atoms with Gasteiger partial charge in [0, 0.05) is 19.3 Å². The van der Waals surface area contributed by atoms with Gasteiger partial charge < -0.3 is 15.4 Å². The standard InChI is InChI=1S/C21H21FN6O3/c1-11(29)14-9-23-18(26-21(30)13-7-15(13)22)8-17(14)25-16-6-4-5-12(19(16)31-3)20-24-10-28(2)27-20/h4-6,8-10,13,15H,7H2,1-3H3,(H2,23,25,26,30)/t13-,15+/m0/s1. The summed E-state index contributed by atoms with van der Waals surface area (Å²) in [5.74, 6) is -0.0827. The van der Waals surface area contributed by atoms with Gasteiger partial charge in [-0.25, -0.2) is 14.4 Å². The summed E-state index contributed by atoms with van der Waals surface area (Å²) in [6.07, 6.45) is 2.06. The number of Topliss-reactive ketones (excluding diaryl/α,β-unsaturated/α-hetero) is 1. The number of anilines is 3. The summed E-state index contributed by atoms with van der Waals surface area (Å²) < 4.78 is 20.3. The lowest BCUT2D eigenvalue weighted by Gasteiger charge is -2.16. The van der Waals surface area contributed by atoms with Crippen molar-refractivity contribution < 1.29 is 18.7 Å². The smallest absolute Gasteiger partial charge is 0.231 e. The summed E-state index contributed by atoms with van der Waals surface area (Å²) in [4.78, 5) is 32.6. The molecule has 0 spiro atoms. The summed E-state index contributed by atoms with van der Waals surface area (Å²) in [6, 6.07) is 6.95. The molecule has 0 bridgehead atoms. The monoisotopic (exact) mass is 424 g/mol. The fourth-order valence-corrected chi connectivity index (χ4v) is 3.20. The number of alkyl halides is 1. The largest absolute Gasteiger partial charge is 0.494 e. The molecule has 160 valence electrons. The average molecular weight is 424 g/mol. The van der Waals surface area contributed by atoms with E-state index in [9.17, 15) is 14.0 Å². The minimum Gasteiger partial charge on any atom is -0.494 e. The molecule has 10 heteroatoms. The van der Waals surface area contributed by atoms with Gasteiger partial charge in [0.25, 0.3) is 0 Å². The van der Waals surface area contributed by atoms with Crippen LogP contribution in [0.15, 0.2) is 36.8 Å². The van der Waals surface area contributed by atoms with Gasteiger partial charge in [-0.1, -0.05) is 6.07 Å². The van der Waals surface area contributed by atoms with Crippen LogP contribution in [0.2, 0.25) is 0 Å². The third kappa shape index (κ3) is 4.23. The number of aromatic nitrogens is 4. The highest BCUT2D eigenvalue weighted by atomic mass is 19.1. The number of hydrogen-bond acceptors (Lipinski definition) is 7. The summed E-state index contributed by atoms with van der Waals surface area (Å²) in [7, 11) is 3.30. The number of nitrogens with one attached hydrogen (secondary N) is 2. The van der Waals surface area contributed by atoms with Gasteiger partial charge in [0.15, 0.2) is 17.4 Å². The molecule has 1 aromatic carbocycles. The van der Waals surface area contributed by atoms with Gasteiger partial charge in [-0.05, 0) is 25.5 Å². The zero-order valence-corrected chi connectivity index (χ0v) is 17.2. The van der Waals surface area contributed by atoms with E-state index in [-0.39, 0.29) is 18.0 Å². The molecular formula is C21H21FN6O3. The molecule has 0 radical (unpaired) electrons. The van der Waals surface area contributed by atoms with Gasteiger partial charge in [-0.3, -0.25) is 14.3 Å². The Bertz CT molecular complexity index is 1160. The predicted molar refractivity (Wildman–Crippen MR) is 112 cm³/mol. The Morgan fingerprint density at radius 1 is 1.26 bits per heavy atom. The van der Waals surface area contributed by atoms with E-state index in [4.69, 9.17) is 4.74 Å². The van der Waals surface area contributed by atoms with Crippen LogP contribution >= 0.6 is 0 Å². The molecule has 1 fully saturated rings. The summed E-state index contributed by atoms with van der Waals surface area (Å²) in [5, 5.41) is 10.1. The second-order valence-electron chi connectivity index (χ2n) is 7.27. The lowest BCUT2D eigenvalue weighted by Crippen LogP contribution is -2.16. The maximum absolute atomic E-state index is 13.2. The minimum absolute atomic E-state index is 0.208. The number of rotatable bonds is 7. The lowest BCUT2D eigenvalue weighted by molar-refractivity contribution is -0.117. The van der Waals surface area contributed by atoms with Crippen LogP contribution in [0.1, 0.15) is 23.7 Å². The maximum Gasteiger partial charge on any atom is 0.231 e. The maximum atomic E-state index is 13.2. The Kier molecular flexibility index (Phi) is 5.37. The number of ketones is 1. The highest BCUT2D eigenvalue weighted by Crippen LogP contribution is 2.38. The van der Waals surface area contributed by atoms with Crippen LogP contribution in [0.25, 0.3) is 11.4 Å². The van der Waals surface area contributed by atoms with Crippen molar-refractivity contribution in [3.8, 4) is 17.1 Å². The topological polar surface area (TPSA) is 111 Å². The third-order valence-electron chi connectivity index (χ3n) is 4.91. The van der Waals surface area contributed by atoms with Crippen LogP contribution in [-0.4, -0.2) is 44.7 Å². The third-order valence-corrected chi connectivity index (χ3v) is 4.91. The Hall–Kier alpha value is -3.82. The van der Waals surface area contributed by atoms with Crippen molar-refractivity contribution in [2.45, 2.75) is 19.5 Å². The first kappa shape index (κ1) is 20.5. The molecular weight excluding hydrogens is 403 g/mol. The minimum atomic E-state index is -1.11. The summed E-state index contributed by atoms with van der Waals surface area (Å²) in [6.45, 7) is 1.42. The predicted octanol–water partition coefficient (Wildman–Crippen LogP) is 3.13. The molecule has 3 aromatic rings. The first-order chi connectivity index (χ1) is 14.9. The van der Waals surface area contributed by atoms with Crippen molar-refractivity contribution in [2.24, 2.45) is 13.0 Å². The number of nitrogens with zero attached hydrogens (tertiary/aromatic N) is 4. The Morgan fingerprint density at radius 3 is 2.65 bits per heavy atom. The van der Waals surface area contributed by atoms with Gasteiger partial charge in [0.05, 0.1) is 35.5 Å². The second kappa shape index (κ2) is 8.13. The quantitative estimate of drug-likeness (QED) is 0.561. The molecule has 1 aliphatic carbocycles. The number of halogens is 1. The van der Waals surface area contributed by atoms with E-state index >= 15 is 0 Å². The van der Waals surface area contributed by atoms with Gasteiger partial charge >= 0.3 is 0 Å². The second-order valence-corrected chi connectivity index (χ2v) is 7.27. The molecule has 9 nitrogen and oxygen atoms in total. The van der Waals surface area contributed by atoms with Crippen molar-refractivity contribution in [3.05, 3.63) is 42.4 Å². The number of carbonyl (C=O) groups is 2. The molecule has 31 heavy (non-hydrogen) atoms. The molecule has 2 atom stereocenters. The molecule has 4 rings (SSSR count). The fourth-order valence-electron chi connectivity index (χ4n) is 3.20. The van der Waals surface area contributed by atoms with E-state index in [2.05, 4.69) is 25.7 Å². The normalized spacial score (nSPS) is 17.2. The van der Waals surface area contributed by atoms with E-state index in [1.54, 1.807) is 24.1 Å². The molecule has 2 aromatic heterocycles. The van der Waals surface area contributed by atoms with Crippen LogP contribution in [0, 0.1) is 5.92 Å². The van der Waals surface area contributed by atoms with Crippen LogP contribution in [0.5, 0.6) is 5.75 Å². The summed E-state index contributed by atoms with van der Waals surface area (Å²) >= 11 is 0. The Balaban J connectivity index is 1.68. The van der Waals surface area contributed by atoms with Gasteiger partial charge in [-0.2, -0.15) is 5.10 Å². The average Bonchev–Trinajstić information content (AvgIpc) is 3.32. The zero-order valence-electron chi connectivity index (χ0n) is 17.2. The summed E-state index contributed by atoms with van der Waals surface area (Å²) in [5.41, 5.74) is 2.00. The van der Waals surface area contributed by atoms with Crippen LogP contribution in [-0.2, 0) is 11.8 Å². The number of pyridine rings is 1. The fraction of sp³-hybridized carbons (Fsp3) is 0.286. The number of ether oxygens (including phenoxy) is 1. The number of para-hydroxylation sites is 1. The SMILES string of the molecule is COc1c(Nc2cc(NC(=O)[C@H]3C[C@H]3F)ncc2C(C)=O)cccc1-c1ncn(C)n1. The van der Waals surface area contributed by atoms with E-state index < -0.39 is 18.0 Å². The molecule has 0 saturated heterocycles. The van der Waals surface area contributed by atoms with Crippen LogP contribution in [0.3, 0.4) is 0 Å². The lowest BCUT2D eigenvalue weighted by atomic mass is 10.1. The molecule has 1 aliphatic rings. The van der Waals surface area contributed by atoms with E-state index in [0.29, 0.717) is 34.1 Å². The van der Waals surface area contributed by atoms with E-state index in [1.807, 2.05) is 12.1 Å². The van der Waals surface area contributed by atoms with Crippen molar-refractivity contribution in [1.82, 2.24) is 19.7 Å². The van der Waals surface area contributed by atoms with Crippen molar-refractivity contribution in [3.63, 3.8) is 0 Å². The van der Waals surface area contributed by atoms with E-state index in [1.165, 1.54) is 26.3 Å². The van der Waals surface area contributed by atoms with Crippen molar-refractivity contribution >= 4 is 28.9 Å². The number of benzene rings is 1. The number of aryl methyl sites for hydroxylation is 1. The Morgan fingerprint density at radius 2 is 2.03 bits per heavy atom. The zero-order chi connectivity index (χ0) is 22.1. The van der Waals surface area contributed by atoms with Crippen LogP contribution < -0.4 is 15.4 Å². The molecule has 0 aliphatic heterocycles. The number of hydrogen-bond donors (Lipinski definition) is 2. The van der Waals surface area contributed by atoms with Gasteiger partial charge in [0.1, 0.15) is 18.3 Å². The first-order valence-electron chi connectivity index (χ1n) is 9.63. The number of amides is 1. The molecule has 2 heterocycles. The van der Waals surface area contributed by atoms with Gasteiger partial charge in [-0.15, -0.1) is 0 Å². The molecule has 0 unspecified atom stereocenters.